The van der Waals surface area contributed by atoms with Gasteiger partial charge in [-0.1, -0.05) is 24.3 Å². The number of rotatable bonds is 8. The van der Waals surface area contributed by atoms with Gasteiger partial charge < -0.3 is 0 Å². The van der Waals surface area contributed by atoms with Crippen LogP contribution in [0.3, 0.4) is 0 Å². The Balaban J connectivity index is 3.65. The molecule has 0 atom stereocenters. The van der Waals surface area contributed by atoms with Crippen molar-refractivity contribution in [2.75, 3.05) is 0 Å². The van der Waals surface area contributed by atoms with Crippen molar-refractivity contribution in [1.82, 2.24) is 0 Å². The molecule has 1 aromatic rings. The van der Waals surface area contributed by atoms with E-state index in [1.54, 1.807) is 0 Å². The predicted octanol–water partition coefficient (Wildman–Crippen LogP) is 10.3. The Kier molecular flexibility index (Phi) is 9.37. The lowest BCUT2D eigenvalue weighted by Crippen LogP contribution is -2.45. The van der Waals surface area contributed by atoms with Gasteiger partial charge in [0.25, 0.3) is 0 Å². The zero-order valence-electron chi connectivity index (χ0n) is 17.2. The third-order valence-corrected chi connectivity index (χ3v) is 9.48. The highest BCUT2D eigenvalue weighted by Crippen LogP contribution is 2.74. The van der Waals surface area contributed by atoms with Gasteiger partial charge in [0, 0.05) is 12.3 Å². The first kappa shape index (κ1) is 34.7. The second kappa shape index (κ2) is 10.3. The van der Waals surface area contributed by atoms with E-state index < -0.39 is 86.7 Å². The second-order valence-electron chi connectivity index (χ2n) is 7.15. The summed E-state index contributed by atoms with van der Waals surface area (Å²) in [7, 11) is -11.8. The average molecular weight is 642 g/mol. The molecule has 0 aromatic heterocycles. The van der Waals surface area contributed by atoms with Crippen molar-refractivity contribution < 1.29 is 87.8 Å². The monoisotopic (exact) mass is 642 g/mol. The predicted molar refractivity (Wildman–Crippen MR) is 91.7 cm³/mol. The van der Waals surface area contributed by atoms with E-state index in [0.717, 1.165) is 0 Å². The first-order valence-electron chi connectivity index (χ1n) is 8.84. The highest BCUT2D eigenvalue weighted by atomic mass is 31.1. The van der Waals surface area contributed by atoms with Crippen molar-refractivity contribution in [2.45, 2.75) is 59.7 Å². The molecular formula is C16H8F20P2. The molecular weight excluding hydrogens is 634 g/mol. The molecule has 0 bridgehead atoms. The molecule has 0 heterocycles. The Bertz CT molecular complexity index is 828. The average Bonchev–Trinajstić information content (AvgIpc) is 2.66. The fourth-order valence-electron chi connectivity index (χ4n) is 2.55. The zero-order chi connectivity index (χ0) is 30.6. The fourth-order valence-corrected chi connectivity index (χ4v) is 6.40. The van der Waals surface area contributed by atoms with E-state index in [2.05, 4.69) is 0 Å². The molecule has 38 heavy (non-hydrogen) atoms. The summed E-state index contributed by atoms with van der Waals surface area (Å²) in [6.07, 6.45) is -33.2. The number of hydrogen-bond acceptors (Lipinski definition) is 0. The first-order valence-corrected chi connectivity index (χ1v) is 11.9. The lowest BCUT2D eigenvalue weighted by atomic mass is 10.2. The smallest absolute Gasteiger partial charge is 0.191 e. The van der Waals surface area contributed by atoms with Crippen molar-refractivity contribution in [3.63, 3.8) is 0 Å². The van der Waals surface area contributed by atoms with E-state index in [1.165, 1.54) is 0 Å². The minimum atomic E-state index is -7.01. The molecule has 0 unspecified atom stereocenters. The van der Waals surface area contributed by atoms with Crippen LogP contribution in [0.2, 0.25) is 0 Å². The maximum Gasteiger partial charge on any atom is 0.457 e. The summed E-state index contributed by atoms with van der Waals surface area (Å²) in [6.45, 7) is 0. The number of alkyl halides is 20. The van der Waals surface area contributed by atoms with Gasteiger partial charge >= 0.3 is 47.4 Å². The van der Waals surface area contributed by atoms with Crippen molar-refractivity contribution in [3.8, 4) is 0 Å². The summed E-state index contributed by atoms with van der Waals surface area (Å²) in [4.78, 5) is 0. The highest BCUT2D eigenvalue weighted by Gasteiger charge is 2.76. The topological polar surface area (TPSA) is 0 Å². The standard InChI is InChI=1S/C16H8F20P2/c17-9(18,19)13(29,30)37(14(31,32)10(20,21)22)5-7-2-1-3-8(4-7)6-38(15(33,34)11(23,24)25)16(35,36)12(26,27)28/h1-4H,5-6H2. The normalized spacial score (nSPS) is 15.5. The van der Waals surface area contributed by atoms with Crippen LogP contribution in [0.1, 0.15) is 11.1 Å². The van der Waals surface area contributed by atoms with E-state index in [0.29, 0.717) is 0 Å². The largest absolute Gasteiger partial charge is 0.457 e. The van der Waals surface area contributed by atoms with E-state index >= 15 is 0 Å². The van der Waals surface area contributed by atoms with Crippen LogP contribution in [-0.4, -0.2) is 47.4 Å². The molecule has 0 radical (unpaired) electrons. The van der Waals surface area contributed by atoms with Gasteiger partial charge in [-0.05, 0) is 11.1 Å². The Morgan fingerprint density at radius 2 is 0.605 bits per heavy atom. The summed E-state index contributed by atoms with van der Waals surface area (Å²) in [5.41, 5.74) is -30.0. The Morgan fingerprint density at radius 3 is 0.789 bits per heavy atom. The number of hydrogen-bond donors (Lipinski definition) is 0. The molecule has 0 N–H and O–H groups in total. The highest BCUT2D eigenvalue weighted by molar-refractivity contribution is 7.59. The lowest BCUT2D eigenvalue weighted by molar-refractivity contribution is -0.262. The molecule has 0 aliphatic carbocycles. The van der Waals surface area contributed by atoms with Gasteiger partial charge in [-0.2, -0.15) is 87.8 Å². The van der Waals surface area contributed by atoms with Crippen LogP contribution in [0.25, 0.3) is 0 Å². The SMILES string of the molecule is FC(F)(F)C(F)(F)P(Cc1cccc(CP(C(F)(F)C(F)(F)F)C(F)(F)C(F)(F)F)c1)C(F)(F)C(F)(F)F. The second-order valence-corrected chi connectivity index (χ2v) is 11.7. The Labute approximate surface area is 199 Å². The lowest BCUT2D eigenvalue weighted by Gasteiger charge is -2.36. The van der Waals surface area contributed by atoms with E-state index in [-0.39, 0.29) is 24.3 Å². The molecule has 0 nitrogen and oxygen atoms in total. The van der Waals surface area contributed by atoms with Crippen LogP contribution >= 0.6 is 15.8 Å². The van der Waals surface area contributed by atoms with Crippen LogP contribution in [0.4, 0.5) is 87.8 Å². The van der Waals surface area contributed by atoms with Crippen LogP contribution in [0, 0.1) is 0 Å². The molecule has 0 aliphatic heterocycles. The van der Waals surface area contributed by atoms with Gasteiger partial charge in [-0.15, -0.1) is 0 Å². The quantitative estimate of drug-likeness (QED) is 0.196. The molecule has 222 valence electrons. The molecule has 0 saturated carbocycles. The molecule has 0 spiro atoms. The molecule has 0 saturated heterocycles. The van der Waals surface area contributed by atoms with Gasteiger partial charge in [-0.25, -0.2) is 0 Å². The fraction of sp³-hybridized carbons (Fsp3) is 0.625. The molecule has 1 rings (SSSR count). The van der Waals surface area contributed by atoms with E-state index in [9.17, 15) is 87.8 Å². The zero-order valence-corrected chi connectivity index (χ0v) is 19.0. The van der Waals surface area contributed by atoms with Gasteiger partial charge in [-0.3, -0.25) is 0 Å². The maximum atomic E-state index is 13.7. The van der Waals surface area contributed by atoms with Gasteiger partial charge in [0.1, 0.15) is 0 Å². The summed E-state index contributed by atoms with van der Waals surface area (Å²) in [6, 6.07) is 0.441. The minimum Gasteiger partial charge on any atom is -0.191 e. The number of benzene rings is 1. The van der Waals surface area contributed by atoms with E-state index in [1.807, 2.05) is 0 Å². The Morgan fingerprint density at radius 1 is 0.395 bits per heavy atom. The third kappa shape index (κ3) is 6.69. The van der Waals surface area contributed by atoms with E-state index in [4.69, 9.17) is 0 Å². The van der Waals surface area contributed by atoms with Crippen molar-refractivity contribution in [2.24, 2.45) is 0 Å². The van der Waals surface area contributed by atoms with Gasteiger partial charge in [0.05, 0.1) is 15.8 Å². The van der Waals surface area contributed by atoms with Crippen molar-refractivity contribution >= 4 is 15.8 Å². The Hall–Kier alpha value is -1.32. The summed E-state index contributed by atoms with van der Waals surface area (Å²) in [5.74, 6) is 0. The minimum absolute atomic E-state index is 0.198. The van der Waals surface area contributed by atoms with Crippen LogP contribution in [0.5, 0.6) is 0 Å². The van der Waals surface area contributed by atoms with Crippen molar-refractivity contribution in [1.29, 1.82) is 0 Å². The molecule has 22 heteroatoms. The van der Waals surface area contributed by atoms with Crippen LogP contribution in [-0.2, 0) is 12.3 Å². The summed E-state index contributed by atoms with van der Waals surface area (Å²) in [5, 5.41) is 0. The first-order chi connectivity index (χ1) is 16.4. The molecule has 1 aromatic carbocycles. The van der Waals surface area contributed by atoms with Gasteiger partial charge in [0.15, 0.2) is 0 Å². The molecule has 0 fully saturated rings. The van der Waals surface area contributed by atoms with Crippen LogP contribution < -0.4 is 0 Å². The van der Waals surface area contributed by atoms with Crippen molar-refractivity contribution in [3.05, 3.63) is 35.4 Å². The molecule has 0 aliphatic rings. The van der Waals surface area contributed by atoms with Crippen LogP contribution in [0.15, 0.2) is 24.3 Å². The summed E-state index contributed by atoms with van der Waals surface area (Å²) < 4.78 is 261. The molecule has 0 amide bonds. The number of halogens is 20. The summed E-state index contributed by atoms with van der Waals surface area (Å²) >= 11 is 0. The third-order valence-electron chi connectivity index (χ3n) is 4.39. The van der Waals surface area contributed by atoms with Gasteiger partial charge in [0.2, 0.25) is 0 Å². The maximum absolute atomic E-state index is 13.7.